The minimum atomic E-state index is -2.93. The number of halogens is 9. The summed E-state index contributed by atoms with van der Waals surface area (Å²) in [4.78, 5) is 30.8. The molecule has 0 saturated carbocycles. The molecule has 0 unspecified atom stereocenters. The number of likely N-dealkylation sites (tertiary alicyclic amines) is 1. The Balaban J connectivity index is 0.000000207. The van der Waals surface area contributed by atoms with E-state index in [4.69, 9.17) is 8.83 Å². The van der Waals surface area contributed by atoms with Crippen molar-refractivity contribution in [3.05, 3.63) is 131 Å². The average molecular weight is 905 g/mol. The molecule has 332 valence electrons. The highest BCUT2D eigenvalue weighted by molar-refractivity contribution is 5.96. The lowest BCUT2D eigenvalue weighted by Crippen LogP contribution is -2.54. The number of hydrogen-bond acceptors (Lipinski definition) is 10. The smallest absolute Gasteiger partial charge is 0.314 e. The summed E-state index contributed by atoms with van der Waals surface area (Å²) in [7, 11) is 0. The van der Waals surface area contributed by atoms with Crippen LogP contribution in [0.15, 0.2) is 93.8 Å². The number of amides is 2. The Hall–Kier alpha value is -6.25. The van der Waals surface area contributed by atoms with Gasteiger partial charge in [-0.2, -0.15) is 17.6 Å². The minimum absolute atomic E-state index is 0. The zero-order chi connectivity index (χ0) is 44.1. The number of carbonyl (C=O) groups is 2. The number of benzene rings is 4. The Kier molecular flexibility index (Phi) is 14.9. The number of alkyl halides is 4. The summed E-state index contributed by atoms with van der Waals surface area (Å²) >= 11 is 0. The van der Waals surface area contributed by atoms with Gasteiger partial charge in [-0.25, -0.2) is 17.6 Å². The fraction of sp³-hybridized carbons (Fsp3) is 0.286. The molecule has 2 aliphatic heterocycles. The number of aromatic nitrogens is 4. The van der Waals surface area contributed by atoms with E-state index in [2.05, 4.69) is 30.6 Å². The van der Waals surface area contributed by atoms with Crippen LogP contribution in [0.2, 0.25) is 0 Å². The van der Waals surface area contributed by atoms with E-state index >= 15 is 0 Å². The van der Waals surface area contributed by atoms with Crippen molar-refractivity contribution in [2.45, 2.75) is 32.9 Å². The molecule has 12 nitrogen and oxygen atoms in total. The number of rotatable bonds is 13. The van der Waals surface area contributed by atoms with Gasteiger partial charge in [0, 0.05) is 59.8 Å². The van der Waals surface area contributed by atoms with E-state index < -0.39 is 47.9 Å². The summed E-state index contributed by atoms with van der Waals surface area (Å²) in [6, 6.07) is 18.9. The second kappa shape index (κ2) is 20.3. The van der Waals surface area contributed by atoms with Crippen LogP contribution in [0.4, 0.5) is 46.5 Å². The van der Waals surface area contributed by atoms with E-state index in [1.807, 2.05) is 6.92 Å². The van der Waals surface area contributed by atoms with Crippen molar-refractivity contribution in [2.24, 2.45) is 11.8 Å². The van der Waals surface area contributed by atoms with Gasteiger partial charge in [0.15, 0.2) is 0 Å². The number of nitrogens with one attached hydrogen (secondary N) is 1. The van der Waals surface area contributed by atoms with Crippen LogP contribution < -0.4 is 15.1 Å². The lowest BCUT2D eigenvalue weighted by atomic mass is 9.97. The van der Waals surface area contributed by atoms with Gasteiger partial charge in [0.2, 0.25) is 23.6 Å². The topological polar surface area (TPSA) is 134 Å². The molecule has 0 aliphatic carbocycles. The van der Waals surface area contributed by atoms with E-state index in [1.54, 1.807) is 12.1 Å². The fourth-order valence-electron chi connectivity index (χ4n) is 6.61. The highest BCUT2D eigenvalue weighted by Gasteiger charge is 2.36. The molecule has 0 spiro atoms. The lowest BCUT2D eigenvalue weighted by molar-refractivity contribution is -0.127. The number of nitrogens with zero attached hydrogens (tertiary/aromatic N) is 7. The van der Waals surface area contributed by atoms with Gasteiger partial charge in [-0.1, -0.05) is 31.2 Å². The molecular weight excluding hydrogens is 868 g/mol. The van der Waals surface area contributed by atoms with Crippen molar-refractivity contribution >= 4 is 35.6 Å². The van der Waals surface area contributed by atoms with Crippen LogP contribution >= 0.6 is 12.4 Å². The third-order valence-electron chi connectivity index (χ3n) is 10.2. The van der Waals surface area contributed by atoms with Gasteiger partial charge >= 0.3 is 12.9 Å². The molecule has 2 aliphatic rings. The molecule has 0 atom stereocenters. The second-order valence-corrected chi connectivity index (χ2v) is 14.3. The summed E-state index contributed by atoms with van der Waals surface area (Å²) in [5.41, 5.74) is 1.24. The monoisotopic (exact) mass is 904 g/mol. The summed E-state index contributed by atoms with van der Waals surface area (Å²) in [5.74, 6) is -5.59. The van der Waals surface area contributed by atoms with E-state index in [9.17, 15) is 44.7 Å². The molecule has 2 fully saturated rings. The first-order valence-electron chi connectivity index (χ1n) is 19.2. The van der Waals surface area contributed by atoms with Gasteiger partial charge in [-0.15, -0.1) is 32.8 Å². The van der Waals surface area contributed by atoms with E-state index in [-0.39, 0.29) is 83.2 Å². The Morgan fingerprint density at radius 2 is 1.11 bits per heavy atom. The average Bonchev–Trinajstić information content (AvgIpc) is 3.91. The third-order valence-corrected chi connectivity index (χ3v) is 10.2. The second-order valence-electron chi connectivity index (χ2n) is 14.3. The molecule has 8 rings (SSSR count). The molecule has 4 aromatic carbocycles. The molecule has 4 heterocycles. The van der Waals surface area contributed by atoms with Gasteiger partial charge in [0.25, 0.3) is 11.8 Å². The molecule has 63 heavy (non-hydrogen) atoms. The Morgan fingerprint density at radius 3 is 1.46 bits per heavy atom. The quantitative estimate of drug-likeness (QED) is 0.112. The first-order valence-corrected chi connectivity index (χ1v) is 19.2. The SMILES string of the molecule is CCN1CC(C(=O)N(Cc2ccc(-c3nnc(C(F)F)o3)cc2F)c2cccc(F)c2)C1.Cl.O=C(C1CNC1)N(Cc1ccc(-c2nnc(C(F)F)o2)cc1F)c1cccc(F)c1. The highest BCUT2D eigenvalue weighted by Crippen LogP contribution is 2.30. The van der Waals surface area contributed by atoms with Gasteiger partial charge in [-0.05, 0) is 67.2 Å². The van der Waals surface area contributed by atoms with Crippen LogP contribution in [0.25, 0.3) is 22.9 Å². The summed E-state index contributed by atoms with van der Waals surface area (Å²) < 4.78 is 117. The maximum atomic E-state index is 14.9. The van der Waals surface area contributed by atoms with Crippen molar-refractivity contribution < 1.29 is 53.5 Å². The summed E-state index contributed by atoms with van der Waals surface area (Å²) in [6.45, 7) is 4.74. The van der Waals surface area contributed by atoms with Crippen LogP contribution in [0, 0.1) is 35.1 Å². The van der Waals surface area contributed by atoms with Crippen LogP contribution in [0.1, 0.15) is 42.7 Å². The maximum Gasteiger partial charge on any atom is 0.314 e. The molecule has 2 aromatic heterocycles. The van der Waals surface area contributed by atoms with Crippen molar-refractivity contribution in [1.29, 1.82) is 0 Å². The standard InChI is InChI=1S/C22H20F4N4O2.C20H16F4N4O2.ClH/c1-2-29-10-15(11-29)22(31)30(17-5-3-4-16(23)9-17)12-14-7-6-13(8-18(14)24)20-27-28-21(32-20)19(25)26;21-14-2-1-3-15(7-14)28(20(29)13-8-25-9-13)10-12-5-4-11(6-16(12)22)18-26-27-19(30-18)17(23)24;/h3-9,15,19H,2,10-12H2,1H3;1-7,13,17,25H,8-10H2;1H. The minimum Gasteiger partial charge on any atom is -0.415 e. The molecule has 2 saturated heterocycles. The largest absolute Gasteiger partial charge is 0.415 e. The predicted molar refractivity (Wildman–Crippen MR) is 214 cm³/mol. The lowest BCUT2D eigenvalue weighted by Gasteiger charge is -2.40. The van der Waals surface area contributed by atoms with Crippen LogP contribution in [0.5, 0.6) is 0 Å². The normalized spacial score (nSPS) is 14.1. The number of carbonyl (C=O) groups excluding carboxylic acids is 2. The van der Waals surface area contributed by atoms with Crippen molar-refractivity contribution in [2.75, 3.05) is 42.5 Å². The third kappa shape index (κ3) is 10.9. The van der Waals surface area contributed by atoms with Gasteiger partial charge < -0.3 is 28.9 Å². The fourth-order valence-corrected chi connectivity index (χ4v) is 6.61. The molecule has 21 heteroatoms. The van der Waals surface area contributed by atoms with Gasteiger partial charge in [-0.3, -0.25) is 9.59 Å². The first-order chi connectivity index (χ1) is 29.8. The van der Waals surface area contributed by atoms with Crippen LogP contribution in [-0.4, -0.2) is 69.8 Å². The molecule has 6 aromatic rings. The number of anilines is 2. The first kappa shape index (κ1) is 46.3. The highest BCUT2D eigenvalue weighted by atomic mass is 35.5. The Morgan fingerprint density at radius 1 is 0.667 bits per heavy atom. The van der Waals surface area contributed by atoms with Crippen LogP contribution in [-0.2, 0) is 22.7 Å². The van der Waals surface area contributed by atoms with Gasteiger partial charge in [0.1, 0.15) is 23.3 Å². The van der Waals surface area contributed by atoms with E-state index in [0.717, 1.165) is 18.7 Å². The number of hydrogen-bond donors (Lipinski definition) is 1. The molecular formula is C42H37ClF8N8O4. The predicted octanol–water partition coefficient (Wildman–Crippen LogP) is 8.56. The maximum absolute atomic E-state index is 14.9. The van der Waals surface area contributed by atoms with Crippen molar-refractivity contribution in [3.63, 3.8) is 0 Å². The van der Waals surface area contributed by atoms with Crippen LogP contribution in [0.3, 0.4) is 0 Å². The van der Waals surface area contributed by atoms with Crippen molar-refractivity contribution in [1.82, 2.24) is 30.6 Å². The van der Waals surface area contributed by atoms with E-state index in [0.29, 0.717) is 37.6 Å². The van der Waals surface area contributed by atoms with Crippen molar-refractivity contribution in [3.8, 4) is 22.9 Å². The zero-order valence-electron chi connectivity index (χ0n) is 33.0. The zero-order valence-corrected chi connectivity index (χ0v) is 33.9. The molecule has 0 bridgehead atoms. The summed E-state index contributed by atoms with van der Waals surface area (Å²) in [5, 5.41) is 16.4. The Bertz CT molecular complexity index is 2540. The molecule has 2 amide bonds. The molecule has 0 radical (unpaired) electrons. The summed E-state index contributed by atoms with van der Waals surface area (Å²) in [6.07, 6.45) is -5.86. The molecule has 1 N–H and O–H groups in total. The van der Waals surface area contributed by atoms with Gasteiger partial charge in [0.05, 0.1) is 24.9 Å². The van der Waals surface area contributed by atoms with E-state index in [1.165, 1.54) is 70.5 Å². The Labute approximate surface area is 360 Å².